The molecule has 1 saturated heterocycles. The van der Waals surface area contributed by atoms with Gasteiger partial charge in [-0.3, -0.25) is 4.72 Å². The van der Waals surface area contributed by atoms with Gasteiger partial charge in [0, 0.05) is 24.8 Å². The van der Waals surface area contributed by atoms with Crippen LogP contribution in [0.2, 0.25) is 5.04 Å². The summed E-state index contributed by atoms with van der Waals surface area (Å²) in [6.45, 7) is 13.4. The Morgan fingerprint density at radius 1 is 0.815 bits per heavy atom. The van der Waals surface area contributed by atoms with Gasteiger partial charge in [-0.15, -0.1) is 0 Å². The Balaban J connectivity index is 1.43. The second kappa shape index (κ2) is 17.0. The van der Waals surface area contributed by atoms with Gasteiger partial charge in [-0.1, -0.05) is 93.6 Å². The highest BCUT2D eigenvalue weighted by Gasteiger charge is 2.50. The maximum Gasteiger partial charge on any atom is 0.261 e. The van der Waals surface area contributed by atoms with E-state index in [1.807, 2.05) is 36.4 Å². The van der Waals surface area contributed by atoms with Crippen LogP contribution in [-0.4, -0.2) is 56.3 Å². The SMILES string of the molecule is CC(C)(C)NS(=O)(=O)c1cc(CO[Si](c2ccccc2)(c2ccccc2)C(C)(C)C)ccc1NS(=O)(=O)CCc1ccc(F)cc1OCC1CCOCC1. The lowest BCUT2D eigenvalue weighted by molar-refractivity contribution is 0.0496. The van der Waals surface area contributed by atoms with E-state index in [1.54, 1.807) is 26.8 Å². The van der Waals surface area contributed by atoms with E-state index in [0.717, 1.165) is 23.2 Å². The molecule has 0 saturated carbocycles. The molecule has 4 aromatic carbocycles. The van der Waals surface area contributed by atoms with Crippen molar-refractivity contribution in [1.29, 1.82) is 0 Å². The van der Waals surface area contributed by atoms with E-state index >= 15 is 0 Å². The fraction of sp³-hybridized carbons (Fsp3) is 0.415. The van der Waals surface area contributed by atoms with E-state index in [0.29, 0.717) is 36.7 Å². The largest absolute Gasteiger partial charge is 0.493 e. The van der Waals surface area contributed by atoms with Crippen molar-refractivity contribution in [2.24, 2.45) is 5.92 Å². The van der Waals surface area contributed by atoms with Gasteiger partial charge in [0.25, 0.3) is 8.32 Å². The molecule has 0 atom stereocenters. The molecule has 4 aromatic rings. The molecule has 54 heavy (non-hydrogen) atoms. The molecule has 1 aliphatic heterocycles. The first-order chi connectivity index (χ1) is 25.4. The van der Waals surface area contributed by atoms with Gasteiger partial charge in [-0.05, 0) is 90.7 Å². The Morgan fingerprint density at radius 2 is 1.43 bits per heavy atom. The van der Waals surface area contributed by atoms with Crippen molar-refractivity contribution in [3.8, 4) is 5.75 Å². The highest BCUT2D eigenvalue weighted by Crippen LogP contribution is 2.38. The van der Waals surface area contributed by atoms with Crippen molar-refractivity contribution < 1.29 is 35.1 Å². The Hall–Kier alpha value is -3.59. The van der Waals surface area contributed by atoms with Crippen LogP contribution in [0.1, 0.15) is 65.5 Å². The lowest BCUT2D eigenvalue weighted by Gasteiger charge is -2.43. The quantitative estimate of drug-likeness (QED) is 0.128. The van der Waals surface area contributed by atoms with Gasteiger partial charge in [0.2, 0.25) is 20.0 Å². The fourth-order valence-corrected chi connectivity index (χ4v) is 14.2. The first kappa shape index (κ1) is 41.6. The molecule has 0 bridgehead atoms. The maximum atomic E-state index is 14.2. The fourth-order valence-electron chi connectivity index (χ4n) is 6.83. The van der Waals surface area contributed by atoms with Gasteiger partial charge in [-0.2, -0.15) is 0 Å². The maximum absolute atomic E-state index is 14.2. The summed E-state index contributed by atoms with van der Waals surface area (Å²) in [4.78, 5) is -0.216. The molecule has 0 spiro atoms. The van der Waals surface area contributed by atoms with Gasteiger partial charge in [0.1, 0.15) is 16.5 Å². The summed E-state index contributed by atoms with van der Waals surface area (Å²) >= 11 is 0. The third-order valence-corrected chi connectivity index (χ3v) is 17.5. The van der Waals surface area contributed by atoms with Crippen LogP contribution in [-0.2, 0) is 42.2 Å². The van der Waals surface area contributed by atoms with Crippen LogP contribution in [0, 0.1) is 11.7 Å². The number of benzene rings is 4. The number of anilines is 1. The van der Waals surface area contributed by atoms with E-state index in [9.17, 15) is 21.2 Å². The normalized spacial score (nSPS) is 14.9. The van der Waals surface area contributed by atoms with Crippen molar-refractivity contribution in [1.82, 2.24) is 4.72 Å². The molecule has 0 aliphatic carbocycles. The summed E-state index contributed by atoms with van der Waals surface area (Å²) in [7, 11) is -11.3. The number of halogens is 1. The monoisotopic (exact) mass is 796 g/mol. The van der Waals surface area contributed by atoms with Crippen molar-refractivity contribution in [3.63, 3.8) is 0 Å². The van der Waals surface area contributed by atoms with Crippen molar-refractivity contribution in [2.45, 2.75) is 82.9 Å². The molecule has 1 aliphatic rings. The molecule has 1 heterocycles. The summed E-state index contributed by atoms with van der Waals surface area (Å²) in [5, 5.41) is 1.84. The van der Waals surface area contributed by atoms with Crippen LogP contribution in [0.15, 0.2) is 102 Å². The highest BCUT2D eigenvalue weighted by molar-refractivity contribution is 7.93. The van der Waals surface area contributed by atoms with Gasteiger partial charge in [-0.25, -0.2) is 25.9 Å². The minimum Gasteiger partial charge on any atom is -0.493 e. The predicted molar refractivity (Wildman–Crippen MR) is 215 cm³/mol. The summed E-state index contributed by atoms with van der Waals surface area (Å²) in [5.74, 6) is -0.321. The summed E-state index contributed by atoms with van der Waals surface area (Å²) in [6, 6.07) is 28.9. The second-order valence-corrected chi connectivity index (χ2v) is 23.7. The molecule has 2 N–H and O–H groups in total. The third kappa shape index (κ3) is 10.6. The zero-order valence-corrected chi connectivity index (χ0v) is 34.7. The van der Waals surface area contributed by atoms with Crippen molar-refractivity contribution in [3.05, 3.63) is 114 Å². The molecule has 0 amide bonds. The predicted octanol–water partition coefficient (Wildman–Crippen LogP) is 6.77. The Kier molecular flexibility index (Phi) is 13.1. The topological polar surface area (TPSA) is 120 Å². The number of nitrogens with one attached hydrogen (secondary N) is 2. The minimum atomic E-state index is -4.22. The molecule has 292 valence electrons. The van der Waals surface area contributed by atoms with Crippen LogP contribution in [0.4, 0.5) is 10.1 Å². The van der Waals surface area contributed by atoms with Crippen LogP contribution in [0.25, 0.3) is 0 Å². The Labute approximate surface area is 321 Å². The molecule has 13 heteroatoms. The number of aryl methyl sites for hydroxylation is 1. The molecular formula is C41H53FN2O7S2Si. The lowest BCUT2D eigenvalue weighted by Crippen LogP contribution is -2.66. The summed E-state index contributed by atoms with van der Waals surface area (Å²) < 4.78 is 93.0. The van der Waals surface area contributed by atoms with E-state index in [-0.39, 0.29) is 34.6 Å². The van der Waals surface area contributed by atoms with E-state index in [4.69, 9.17) is 13.9 Å². The number of ether oxygens (including phenoxy) is 2. The van der Waals surface area contributed by atoms with Crippen LogP contribution >= 0.6 is 0 Å². The van der Waals surface area contributed by atoms with Crippen molar-refractivity contribution in [2.75, 3.05) is 30.3 Å². The third-order valence-electron chi connectivity index (χ3n) is 9.40. The van der Waals surface area contributed by atoms with Gasteiger partial charge >= 0.3 is 0 Å². The lowest BCUT2D eigenvalue weighted by atomic mass is 10.0. The average Bonchev–Trinajstić information content (AvgIpc) is 3.11. The number of sulfonamides is 2. The molecule has 9 nitrogen and oxygen atoms in total. The van der Waals surface area contributed by atoms with E-state index in [2.05, 4.69) is 54.5 Å². The van der Waals surface area contributed by atoms with Crippen LogP contribution in [0.3, 0.4) is 0 Å². The molecule has 1 fully saturated rings. The van der Waals surface area contributed by atoms with Crippen molar-refractivity contribution >= 4 is 44.4 Å². The molecule has 0 radical (unpaired) electrons. The Morgan fingerprint density at radius 3 is 2.00 bits per heavy atom. The first-order valence-corrected chi connectivity index (χ1v) is 23.3. The first-order valence-electron chi connectivity index (χ1n) is 18.3. The standard InChI is InChI=1S/C41H53FN2O7S2Si/c1-40(2,3)44-53(47,48)39-27-32(30-51-54(41(4,5)6,35-13-9-7-10-14-35)36-15-11-8-12-16-36)17-20-37(39)43-52(45,46)26-23-33-18-19-34(42)28-38(33)50-29-31-21-24-49-25-22-31/h7-20,27-28,31,43-44H,21-26,29-30H2,1-6H3. The average molecular weight is 797 g/mol. The van der Waals surface area contributed by atoms with E-state index < -0.39 is 45.5 Å². The Bertz CT molecular complexity index is 2040. The number of hydrogen-bond donors (Lipinski definition) is 2. The smallest absolute Gasteiger partial charge is 0.261 e. The van der Waals surface area contributed by atoms with Crippen LogP contribution < -0.4 is 24.6 Å². The molecular weight excluding hydrogens is 744 g/mol. The number of hydrogen-bond acceptors (Lipinski definition) is 7. The summed E-state index contributed by atoms with van der Waals surface area (Å²) in [5.41, 5.74) is 0.167. The molecule has 0 aromatic heterocycles. The highest BCUT2D eigenvalue weighted by atomic mass is 32.2. The van der Waals surface area contributed by atoms with Crippen LogP contribution in [0.5, 0.6) is 5.75 Å². The zero-order valence-electron chi connectivity index (χ0n) is 32.0. The van der Waals surface area contributed by atoms with Gasteiger partial charge in [0.15, 0.2) is 0 Å². The van der Waals surface area contributed by atoms with Gasteiger partial charge in [0.05, 0.1) is 24.7 Å². The zero-order chi connectivity index (χ0) is 39.2. The van der Waals surface area contributed by atoms with E-state index in [1.165, 1.54) is 30.3 Å². The number of rotatable bonds is 15. The van der Waals surface area contributed by atoms with Gasteiger partial charge < -0.3 is 13.9 Å². The summed E-state index contributed by atoms with van der Waals surface area (Å²) in [6.07, 6.45) is 1.69. The second-order valence-electron chi connectivity index (χ2n) is 15.9. The minimum absolute atomic E-state index is 0.0193. The molecule has 5 rings (SSSR count). The molecule has 0 unspecified atom stereocenters.